The van der Waals surface area contributed by atoms with Crippen LogP contribution in [0.15, 0.2) is 53.9 Å². The summed E-state index contributed by atoms with van der Waals surface area (Å²) in [6.45, 7) is 2.98. The zero-order valence-electron chi connectivity index (χ0n) is 14.1. The van der Waals surface area contributed by atoms with Crippen LogP contribution in [-0.4, -0.2) is 16.6 Å². The summed E-state index contributed by atoms with van der Waals surface area (Å²) >= 11 is 7.91. The number of anilines is 1. The van der Waals surface area contributed by atoms with Crippen molar-refractivity contribution in [3.8, 4) is 11.3 Å². The van der Waals surface area contributed by atoms with Crippen molar-refractivity contribution in [1.29, 1.82) is 0 Å². The van der Waals surface area contributed by atoms with E-state index in [1.807, 2.05) is 25.2 Å². The van der Waals surface area contributed by atoms with E-state index in [4.69, 9.17) is 16.6 Å². The predicted molar refractivity (Wildman–Crippen MR) is 108 cm³/mol. The van der Waals surface area contributed by atoms with Crippen LogP contribution in [0.4, 0.5) is 5.13 Å². The summed E-state index contributed by atoms with van der Waals surface area (Å²) in [5.74, 6) is 0. The first kappa shape index (κ1) is 16.2. The number of hydrogen-bond acceptors (Lipinski definition) is 3. The number of aromatic nitrogens is 2. The Kier molecular flexibility index (Phi) is 4.24. The quantitative estimate of drug-likeness (QED) is 0.492. The Labute approximate surface area is 155 Å². The van der Waals surface area contributed by atoms with Crippen LogP contribution in [0.25, 0.3) is 22.2 Å². The van der Waals surface area contributed by atoms with Crippen molar-refractivity contribution in [2.24, 2.45) is 0 Å². The molecule has 0 unspecified atom stereocenters. The first-order chi connectivity index (χ1) is 12.2. The number of nitrogens with one attached hydrogen (secondary N) is 1. The van der Waals surface area contributed by atoms with Gasteiger partial charge in [0.1, 0.15) is 0 Å². The van der Waals surface area contributed by atoms with Crippen LogP contribution in [0.2, 0.25) is 5.02 Å². The minimum atomic E-state index is 0.745. The molecule has 2 aromatic carbocycles. The molecule has 0 radical (unpaired) electrons. The van der Waals surface area contributed by atoms with Gasteiger partial charge < -0.3 is 9.88 Å². The first-order valence-corrected chi connectivity index (χ1v) is 9.39. The van der Waals surface area contributed by atoms with Gasteiger partial charge in [-0.25, -0.2) is 4.98 Å². The van der Waals surface area contributed by atoms with Gasteiger partial charge in [0, 0.05) is 46.2 Å². The van der Waals surface area contributed by atoms with E-state index in [9.17, 15) is 0 Å². The average Bonchev–Trinajstić information content (AvgIpc) is 3.19. The largest absolute Gasteiger partial charge is 0.365 e. The van der Waals surface area contributed by atoms with E-state index in [1.54, 1.807) is 11.3 Å². The third-order valence-electron chi connectivity index (χ3n) is 4.44. The molecule has 25 heavy (non-hydrogen) atoms. The Morgan fingerprint density at radius 2 is 1.96 bits per heavy atom. The molecule has 0 amide bonds. The summed E-state index contributed by atoms with van der Waals surface area (Å²) in [6, 6.07) is 16.6. The topological polar surface area (TPSA) is 29.9 Å². The van der Waals surface area contributed by atoms with Gasteiger partial charge >= 0.3 is 0 Å². The lowest BCUT2D eigenvalue weighted by molar-refractivity contribution is 0.806. The van der Waals surface area contributed by atoms with Gasteiger partial charge in [-0.15, -0.1) is 11.3 Å². The molecule has 3 nitrogen and oxygen atoms in total. The van der Waals surface area contributed by atoms with E-state index in [1.165, 1.54) is 16.8 Å². The van der Waals surface area contributed by atoms with Crippen molar-refractivity contribution in [3.05, 3.63) is 70.2 Å². The summed E-state index contributed by atoms with van der Waals surface area (Å²) in [5.41, 5.74) is 5.81. The molecule has 2 aromatic heterocycles. The Hall–Kier alpha value is -2.30. The lowest BCUT2D eigenvalue weighted by atomic mass is 10.1. The molecule has 5 heteroatoms. The van der Waals surface area contributed by atoms with Gasteiger partial charge in [-0.2, -0.15) is 0 Å². The maximum atomic E-state index is 6.29. The lowest BCUT2D eigenvalue weighted by Gasteiger charge is -2.09. The third kappa shape index (κ3) is 2.92. The van der Waals surface area contributed by atoms with Crippen molar-refractivity contribution >= 4 is 39.0 Å². The molecule has 126 valence electrons. The molecule has 0 aliphatic rings. The molecule has 0 saturated heterocycles. The predicted octanol–water partition coefficient (Wildman–Crippen LogP) is 5.82. The molecule has 1 N–H and O–H groups in total. The Bertz CT molecular complexity index is 1030. The highest BCUT2D eigenvalue weighted by atomic mass is 35.5. The second-order valence-corrected chi connectivity index (χ2v) is 7.28. The van der Waals surface area contributed by atoms with Crippen LogP contribution >= 0.6 is 22.9 Å². The van der Waals surface area contributed by atoms with Gasteiger partial charge in [-0.1, -0.05) is 41.9 Å². The average molecular weight is 368 g/mol. The van der Waals surface area contributed by atoms with Crippen molar-refractivity contribution in [1.82, 2.24) is 9.55 Å². The standard InChI is InChI=1S/C20H18ClN3S/c1-13-19(17-12-25-20(22-2)23-17)16-10-15(21)8-9-18(16)24(13)11-14-6-4-3-5-7-14/h3-10,12H,11H2,1-2H3,(H,22,23). The number of benzene rings is 2. The highest BCUT2D eigenvalue weighted by Crippen LogP contribution is 2.37. The zero-order chi connectivity index (χ0) is 17.4. The van der Waals surface area contributed by atoms with E-state index in [2.05, 4.69) is 52.5 Å². The summed E-state index contributed by atoms with van der Waals surface area (Å²) in [5, 5.41) is 8.02. The minimum absolute atomic E-state index is 0.745. The maximum Gasteiger partial charge on any atom is 0.182 e. The second kappa shape index (κ2) is 6.54. The summed E-state index contributed by atoms with van der Waals surface area (Å²) < 4.78 is 2.34. The van der Waals surface area contributed by atoms with Gasteiger partial charge in [0.2, 0.25) is 0 Å². The summed E-state index contributed by atoms with van der Waals surface area (Å²) in [4.78, 5) is 4.71. The summed E-state index contributed by atoms with van der Waals surface area (Å²) in [7, 11) is 1.89. The first-order valence-electron chi connectivity index (χ1n) is 8.13. The Morgan fingerprint density at radius 3 is 2.68 bits per heavy atom. The number of thiazole rings is 1. The molecule has 0 bridgehead atoms. The number of nitrogens with zero attached hydrogens (tertiary/aromatic N) is 2. The van der Waals surface area contributed by atoms with E-state index in [0.29, 0.717) is 0 Å². The molecule has 0 fully saturated rings. The molecule has 0 saturated carbocycles. The van der Waals surface area contributed by atoms with Crippen LogP contribution in [-0.2, 0) is 6.54 Å². The maximum absolute atomic E-state index is 6.29. The van der Waals surface area contributed by atoms with Gasteiger partial charge in [0.25, 0.3) is 0 Å². The molecule has 2 heterocycles. The van der Waals surface area contributed by atoms with Gasteiger partial charge in [-0.3, -0.25) is 0 Å². The fourth-order valence-electron chi connectivity index (χ4n) is 3.25. The number of halogens is 1. The fourth-order valence-corrected chi connectivity index (χ4v) is 4.09. The number of rotatable bonds is 4. The van der Waals surface area contributed by atoms with Crippen molar-refractivity contribution in [3.63, 3.8) is 0 Å². The van der Waals surface area contributed by atoms with Crippen LogP contribution in [0.1, 0.15) is 11.3 Å². The van der Waals surface area contributed by atoms with Crippen LogP contribution in [0, 0.1) is 6.92 Å². The molecular weight excluding hydrogens is 350 g/mol. The third-order valence-corrected chi connectivity index (χ3v) is 5.54. The molecule has 0 spiro atoms. The van der Waals surface area contributed by atoms with Crippen LogP contribution in [0.3, 0.4) is 0 Å². The molecule has 0 aliphatic heterocycles. The molecular formula is C20H18ClN3S. The minimum Gasteiger partial charge on any atom is -0.365 e. The fraction of sp³-hybridized carbons (Fsp3) is 0.150. The Morgan fingerprint density at radius 1 is 1.16 bits per heavy atom. The van der Waals surface area contributed by atoms with Gasteiger partial charge in [-0.05, 0) is 30.7 Å². The van der Waals surface area contributed by atoms with Crippen LogP contribution in [0.5, 0.6) is 0 Å². The monoisotopic (exact) mass is 367 g/mol. The number of hydrogen-bond donors (Lipinski definition) is 1. The van der Waals surface area contributed by atoms with E-state index in [-0.39, 0.29) is 0 Å². The smallest absolute Gasteiger partial charge is 0.182 e. The van der Waals surface area contributed by atoms with Crippen LogP contribution < -0.4 is 5.32 Å². The summed E-state index contributed by atoms with van der Waals surface area (Å²) in [6.07, 6.45) is 0. The van der Waals surface area contributed by atoms with Crippen molar-refractivity contribution < 1.29 is 0 Å². The SMILES string of the molecule is CNc1nc(-c2c(C)n(Cc3ccccc3)c3ccc(Cl)cc23)cs1. The van der Waals surface area contributed by atoms with Gasteiger partial charge in [0.05, 0.1) is 5.69 Å². The normalized spacial score (nSPS) is 11.2. The highest BCUT2D eigenvalue weighted by molar-refractivity contribution is 7.14. The van der Waals surface area contributed by atoms with E-state index >= 15 is 0 Å². The zero-order valence-corrected chi connectivity index (χ0v) is 15.7. The van der Waals surface area contributed by atoms with Crippen molar-refractivity contribution in [2.75, 3.05) is 12.4 Å². The van der Waals surface area contributed by atoms with E-state index in [0.717, 1.165) is 33.3 Å². The van der Waals surface area contributed by atoms with Crippen molar-refractivity contribution in [2.45, 2.75) is 13.5 Å². The lowest BCUT2D eigenvalue weighted by Crippen LogP contribution is -2.01. The molecule has 4 aromatic rings. The second-order valence-electron chi connectivity index (χ2n) is 5.98. The van der Waals surface area contributed by atoms with E-state index < -0.39 is 0 Å². The Balaban J connectivity index is 1.93. The van der Waals surface area contributed by atoms with Gasteiger partial charge in [0.15, 0.2) is 5.13 Å². The molecule has 4 rings (SSSR count). The highest BCUT2D eigenvalue weighted by Gasteiger charge is 2.18. The number of fused-ring (bicyclic) bond motifs is 1. The molecule has 0 aliphatic carbocycles. The molecule has 0 atom stereocenters.